The van der Waals surface area contributed by atoms with Gasteiger partial charge in [0.25, 0.3) is 0 Å². The molecule has 0 atom stereocenters. The Morgan fingerprint density at radius 2 is 1.82 bits per heavy atom. The van der Waals surface area contributed by atoms with Gasteiger partial charge >= 0.3 is 18.6 Å². The summed E-state index contributed by atoms with van der Waals surface area (Å²) in [4.78, 5) is 12.4. The van der Waals surface area contributed by atoms with E-state index in [1.54, 1.807) is 0 Å². The SMILES string of the molecule is F[B-](F)(F)F.N#[N+]c1c(Cl)cccc1[N+](=O)[O-]. The van der Waals surface area contributed by atoms with Crippen LogP contribution in [0.1, 0.15) is 0 Å². The molecule has 0 spiro atoms. The number of nitro groups is 1. The first kappa shape index (κ1) is 15.1. The first-order valence-corrected chi connectivity index (χ1v) is 4.20. The normalized spacial score (nSPS) is 9.88. The molecular formula is C6H3BClF4N3O2. The van der Waals surface area contributed by atoms with Crippen LogP contribution < -0.4 is 0 Å². The zero-order valence-corrected chi connectivity index (χ0v) is 8.61. The first-order valence-electron chi connectivity index (χ1n) is 3.82. The fourth-order valence-electron chi connectivity index (χ4n) is 0.750. The standard InChI is InChI=1S/C6H3ClN3O2.BF4/c7-4-2-1-3-5(10(11)12)6(4)9-8;2-1(3,4)5/h1-3H;/q+1;-1. The maximum absolute atomic E-state index is 10.3. The van der Waals surface area contributed by atoms with E-state index in [4.69, 9.17) is 17.0 Å². The van der Waals surface area contributed by atoms with Crippen molar-refractivity contribution in [3.05, 3.63) is 38.3 Å². The Morgan fingerprint density at radius 3 is 2.12 bits per heavy atom. The molecule has 0 saturated carbocycles. The number of hydrogen-bond acceptors (Lipinski definition) is 3. The third-order valence-electron chi connectivity index (χ3n) is 1.26. The zero-order chi connectivity index (χ0) is 13.6. The number of nitrogens with zero attached hydrogens (tertiary/aromatic N) is 3. The maximum Gasteiger partial charge on any atom is 0.673 e. The molecule has 0 aliphatic carbocycles. The lowest BCUT2D eigenvalue weighted by Crippen LogP contribution is -2.02. The molecule has 0 bridgehead atoms. The van der Waals surface area contributed by atoms with E-state index >= 15 is 0 Å². The van der Waals surface area contributed by atoms with Gasteiger partial charge in [0.05, 0.1) is 4.92 Å². The quantitative estimate of drug-likeness (QED) is 0.254. The van der Waals surface area contributed by atoms with Crippen molar-refractivity contribution >= 4 is 30.2 Å². The molecule has 11 heteroatoms. The minimum absolute atomic E-state index is 0.0479. The molecule has 0 fully saturated rings. The van der Waals surface area contributed by atoms with E-state index in [-0.39, 0.29) is 16.4 Å². The summed E-state index contributed by atoms with van der Waals surface area (Å²) in [5, 5.41) is 18.7. The summed E-state index contributed by atoms with van der Waals surface area (Å²) in [5.74, 6) is 0. The number of nitro benzene ring substituents is 1. The fourth-order valence-corrected chi connectivity index (χ4v) is 0.958. The number of hydrogen-bond donors (Lipinski definition) is 0. The zero-order valence-electron chi connectivity index (χ0n) is 7.86. The molecule has 1 aromatic rings. The van der Waals surface area contributed by atoms with Crippen molar-refractivity contribution in [2.24, 2.45) is 0 Å². The van der Waals surface area contributed by atoms with Crippen molar-refractivity contribution in [2.45, 2.75) is 0 Å². The monoisotopic (exact) mass is 271 g/mol. The molecule has 0 amide bonds. The summed E-state index contributed by atoms with van der Waals surface area (Å²) in [6.07, 6.45) is 0. The average Bonchev–Trinajstić information content (AvgIpc) is 2.14. The van der Waals surface area contributed by atoms with Crippen LogP contribution in [0.3, 0.4) is 0 Å². The van der Waals surface area contributed by atoms with E-state index in [1.807, 2.05) is 0 Å². The lowest BCUT2D eigenvalue weighted by Gasteiger charge is -1.94. The Balaban J connectivity index is 0.000000437. The topological polar surface area (TPSA) is 71.3 Å². The smallest absolute Gasteiger partial charge is 0.418 e. The van der Waals surface area contributed by atoms with E-state index in [2.05, 4.69) is 4.98 Å². The van der Waals surface area contributed by atoms with Crippen molar-refractivity contribution < 1.29 is 22.2 Å². The molecule has 1 aromatic carbocycles. The van der Waals surface area contributed by atoms with Crippen LogP contribution in [0.25, 0.3) is 4.98 Å². The van der Waals surface area contributed by atoms with Crippen LogP contribution in [-0.2, 0) is 0 Å². The van der Waals surface area contributed by atoms with Gasteiger partial charge in [-0.3, -0.25) is 10.1 Å². The van der Waals surface area contributed by atoms with Gasteiger partial charge in [-0.25, -0.2) is 0 Å². The molecule has 0 aromatic heterocycles. The van der Waals surface area contributed by atoms with Crippen LogP contribution in [0.4, 0.5) is 28.6 Å². The molecule has 0 aliphatic rings. The summed E-state index contributed by atoms with van der Waals surface area (Å²) < 4.78 is 39.0. The van der Waals surface area contributed by atoms with Gasteiger partial charge in [-0.15, -0.1) is 0 Å². The molecule has 0 radical (unpaired) electrons. The number of halogens is 5. The predicted molar refractivity (Wildman–Crippen MR) is 53.0 cm³/mol. The van der Waals surface area contributed by atoms with Crippen molar-refractivity contribution in [1.82, 2.24) is 0 Å². The summed E-state index contributed by atoms with van der Waals surface area (Å²) in [5.41, 5.74) is -0.533. The number of benzene rings is 1. The molecule has 5 nitrogen and oxygen atoms in total. The second-order valence-corrected chi connectivity index (χ2v) is 2.87. The molecule has 0 saturated heterocycles. The van der Waals surface area contributed by atoms with Gasteiger partial charge in [-0.1, -0.05) is 17.7 Å². The highest BCUT2D eigenvalue weighted by Gasteiger charge is 2.27. The van der Waals surface area contributed by atoms with Crippen molar-refractivity contribution in [2.75, 3.05) is 0 Å². The van der Waals surface area contributed by atoms with Gasteiger partial charge in [0.15, 0.2) is 4.98 Å². The molecule has 0 N–H and O–H groups in total. The summed E-state index contributed by atoms with van der Waals surface area (Å²) in [6, 6.07) is 4.03. The Bertz CT molecular complexity index is 456. The minimum atomic E-state index is -6.00. The molecule has 0 heterocycles. The van der Waals surface area contributed by atoms with Crippen LogP contribution in [0, 0.1) is 15.5 Å². The van der Waals surface area contributed by atoms with E-state index < -0.39 is 12.2 Å². The predicted octanol–water partition coefficient (Wildman–Crippen LogP) is 4.03. The highest BCUT2D eigenvalue weighted by atomic mass is 35.5. The Kier molecular flexibility index (Phi) is 5.33. The minimum Gasteiger partial charge on any atom is -0.418 e. The van der Waals surface area contributed by atoms with Crippen LogP contribution in [0.15, 0.2) is 18.2 Å². The van der Waals surface area contributed by atoms with Gasteiger partial charge in [0, 0.05) is 6.07 Å². The second-order valence-electron chi connectivity index (χ2n) is 2.46. The molecule has 0 unspecified atom stereocenters. The van der Waals surface area contributed by atoms with Crippen LogP contribution in [0.2, 0.25) is 5.02 Å². The van der Waals surface area contributed by atoms with Gasteiger partial charge in [0.2, 0.25) is 5.39 Å². The van der Waals surface area contributed by atoms with Crippen LogP contribution in [0.5, 0.6) is 0 Å². The fraction of sp³-hybridized carbons (Fsp3) is 0. The Hall–Kier alpha value is -1.89. The van der Waals surface area contributed by atoms with Gasteiger partial charge in [-0.2, -0.15) is 0 Å². The molecule has 17 heavy (non-hydrogen) atoms. The average molecular weight is 271 g/mol. The highest BCUT2D eigenvalue weighted by molar-refractivity contribution is 6.50. The van der Waals surface area contributed by atoms with Gasteiger partial charge in [0.1, 0.15) is 5.02 Å². The lowest BCUT2D eigenvalue weighted by molar-refractivity contribution is -0.383. The second kappa shape index (κ2) is 6.00. The van der Waals surface area contributed by atoms with E-state index in [9.17, 15) is 27.4 Å². The molecule has 1 rings (SSSR count). The van der Waals surface area contributed by atoms with Gasteiger partial charge < -0.3 is 17.3 Å². The maximum atomic E-state index is 10.3. The van der Waals surface area contributed by atoms with Crippen molar-refractivity contribution in [3.8, 4) is 0 Å². The number of rotatable bonds is 1. The van der Waals surface area contributed by atoms with Crippen LogP contribution in [-0.4, -0.2) is 12.2 Å². The highest BCUT2D eigenvalue weighted by Crippen LogP contribution is 2.34. The Morgan fingerprint density at radius 1 is 1.35 bits per heavy atom. The van der Waals surface area contributed by atoms with E-state index in [1.165, 1.54) is 18.2 Å². The number of diazo groups is 1. The summed E-state index contributed by atoms with van der Waals surface area (Å²) >= 11 is 5.52. The van der Waals surface area contributed by atoms with Gasteiger partial charge in [-0.05, 0) is 6.07 Å². The molecular weight excluding hydrogens is 268 g/mol. The largest absolute Gasteiger partial charge is 0.673 e. The van der Waals surface area contributed by atoms with E-state index in [0.29, 0.717) is 0 Å². The van der Waals surface area contributed by atoms with Crippen LogP contribution >= 0.6 is 11.6 Å². The third kappa shape index (κ3) is 6.31. The Labute approximate surface area is 96.9 Å². The molecule has 92 valence electrons. The summed E-state index contributed by atoms with van der Waals surface area (Å²) in [7, 11) is -6.00. The van der Waals surface area contributed by atoms with E-state index in [0.717, 1.165) is 0 Å². The lowest BCUT2D eigenvalue weighted by atomic mass is 10.3. The van der Waals surface area contributed by atoms with Crippen molar-refractivity contribution in [1.29, 1.82) is 5.39 Å². The van der Waals surface area contributed by atoms with Crippen molar-refractivity contribution in [3.63, 3.8) is 0 Å². The molecule has 0 aliphatic heterocycles. The summed E-state index contributed by atoms with van der Waals surface area (Å²) in [6.45, 7) is 0. The third-order valence-corrected chi connectivity index (χ3v) is 1.57. The first-order chi connectivity index (χ1) is 7.66.